The third kappa shape index (κ3) is 8.59. The molecule has 168 valence electrons. The molecule has 0 atom stereocenters. The molecule has 30 heavy (non-hydrogen) atoms. The molecule has 0 bridgehead atoms. The number of para-hydroxylation sites is 2. The maximum atomic E-state index is 12.4. The molecular formula is C22H35N3O5. The maximum absolute atomic E-state index is 12.4. The van der Waals surface area contributed by atoms with Crippen molar-refractivity contribution in [1.82, 2.24) is 15.1 Å². The second kappa shape index (κ2) is 13.8. The summed E-state index contributed by atoms with van der Waals surface area (Å²) in [6, 6.07) is 7.57. The van der Waals surface area contributed by atoms with E-state index in [4.69, 9.17) is 14.2 Å². The molecule has 1 aliphatic rings. The highest BCUT2D eigenvalue weighted by Crippen LogP contribution is 2.26. The molecule has 2 rings (SSSR count). The van der Waals surface area contributed by atoms with E-state index in [0.717, 1.165) is 25.3 Å². The fourth-order valence-electron chi connectivity index (χ4n) is 3.27. The Labute approximate surface area is 179 Å². The third-order valence-corrected chi connectivity index (χ3v) is 4.88. The fourth-order valence-corrected chi connectivity index (χ4v) is 3.27. The van der Waals surface area contributed by atoms with Crippen LogP contribution in [0.25, 0.3) is 0 Å². The van der Waals surface area contributed by atoms with Crippen LogP contribution in [-0.2, 0) is 14.3 Å². The van der Waals surface area contributed by atoms with Crippen molar-refractivity contribution in [2.24, 2.45) is 0 Å². The van der Waals surface area contributed by atoms with Crippen LogP contribution in [0.2, 0.25) is 0 Å². The van der Waals surface area contributed by atoms with Crippen LogP contribution in [0.1, 0.15) is 26.2 Å². The summed E-state index contributed by atoms with van der Waals surface area (Å²) in [5, 5.41) is 2.89. The van der Waals surface area contributed by atoms with E-state index in [-0.39, 0.29) is 11.8 Å². The highest BCUT2D eigenvalue weighted by atomic mass is 16.5. The highest BCUT2D eigenvalue weighted by molar-refractivity contribution is 5.78. The van der Waals surface area contributed by atoms with E-state index >= 15 is 0 Å². The minimum atomic E-state index is 0.0235. The lowest BCUT2D eigenvalue weighted by Crippen LogP contribution is -2.51. The lowest BCUT2D eigenvalue weighted by atomic mass is 10.2. The molecule has 1 saturated heterocycles. The van der Waals surface area contributed by atoms with Crippen molar-refractivity contribution >= 4 is 11.8 Å². The number of ether oxygens (including phenoxy) is 3. The fraction of sp³-hybridized carbons (Fsp3) is 0.636. The number of methoxy groups -OCH3 is 1. The van der Waals surface area contributed by atoms with Crippen molar-refractivity contribution in [3.8, 4) is 11.5 Å². The summed E-state index contributed by atoms with van der Waals surface area (Å²) >= 11 is 0. The van der Waals surface area contributed by atoms with Gasteiger partial charge in [-0.15, -0.1) is 0 Å². The monoisotopic (exact) mass is 421 g/mol. The Hall–Kier alpha value is -2.32. The molecule has 1 heterocycles. The summed E-state index contributed by atoms with van der Waals surface area (Å²) in [5.74, 6) is 1.60. The minimum Gasteiger partial charge on any atom is -0.490 e. The Morgan fingerprint density at radius 3 is 2.37 bits per heavy atom. The molecular weight excluding hydrogens is 386 g/mol. The van der Waals surface area contributed by atoms with E-state index in [1.54, 1.807) is 7.11 Å². The zero-order chi connectivity index (χ0) is 21.6. The molecule has 1 N–H and O–H groups in total. The lowest BCUT2D eigenvalue weighted by Gasteiger charge is -2.34. The normalized spacial score (nSPS) is 14.4. The van der Waals surface area contributed by atoms with Crippen LogP contribution >= 0.6 is 0 Å². The quantitative estimate of drug-likeness (QED) is 0.487. The van der Waals surface area contributed by atoms with Crippen molar-refractivity contribution in [2.75, 3.05) is 66.2 Å². The van der Waals surface area contributed by atoms with Crippen LogP contribution in [0.4, 0.5) is 0 Å². The van der Waals surface area contributed by atoms with Gasteiger partial charge in [-0.25, -0.2) is 0 Å². The van der Waals surface area contributed by atoms with Crippen LogP contribution in [-0.4, -0.2) is 87.8 Å². The van der Waals surface area contributed by atoms with Gasteiger partial charge in [-0.1, -0.05) is 12.1 Å². The number of carbonyl (C=O) groups is 2. The number of carbonyl (C=O) groups excluding carboxylic acids is 2. The van der Waals surface area contributed by atoms with Gasteiger partial charge in [-0.05, 0) is 31.9 Å². The van der Waals surface area contributed by atoms with Crippen LogP contribution in [0, 0.1) is 0 Å². The van der Waals surface area contributed by atoms with E-state index in [2.05, 4.69) is 10.2 Å². The molecule has 8 heteroatoms. The summed E-state index contributed by atoms with van der Waals surface area (Å²) in [6.45, 7) is 7.39. The van der Waals surface area contributed by atoms with Gasteiger partial charge in [-0.3, -0.25) is 14.5 Å². The molecule has 0 aromatic heterocycles. The number of nitrogens with one attached hydrogen (secondary N) is 1. The minimum absolute atomic E-state index is 0.0235. The molecule has 0 saturated carbocycles. The largest absolute Gasteiger partial charge is 0.490 e. The summed E-state index contributed by atoms with van der Waals surface area (Å²) in [6.07, 6.45) is 1.92. The number of benzene rings is 1. The zero-order valence-corrected chi connectivity index (χ0v) is 18.2. The van der Waals surface area contributed by atoms with E-state index in [0.29, 0.717) is 64.6 Å². The van der Waals surface area contributed by atoms with Crippen molar-refractivity contribution in [1.29, 1.82) is 0 Å². The second-order valence-corrected chi connectivity index (χ2v) is 7.19. The Morgan fingerprint density at radius 2 is 1.70 bits per heavy atom. The molecule has 2 amide bonds. The van der Waals surface area contributed by atoms with Gasteiger partial charge in [0.05, 0.1) is 19.8 Å². The first kappa shape index (κ1) is 24.0. The topological polar surface area (TPSA) is 80.3 Å². The molecule has 1 aromatic rings. The van der Waals surface area contributed by atoms with Crippen molar-refractivity contribution < 1.29 is 23.8 Å². The molecule has 0 unspecified atom stereocenters. The first-order chi connectivity index (χ1) is 14.6. The van der Waals surface area contributed by atoms with Gasteiger partial charge in [-0.2, -0.15) is 0 Å². The van der Waals surface area contributed by atoms with Gasteiger partial charge in [0.25, 0.3) is 0 Å². The van der Waals surface area contributed by atoms with Crippen molar-refractivity contribution in [3.05, 3.63) is 24.3 Å². The second-order valence-electron chi connectivity index (χ2n) is 7.19. The van der Waals surface area contributed by atoms with Crippen LogP contribution in [0.15, 0.2) is 24.3 Å². The van der Waals surface area contributed by atoms with Gasteiger partial charge < -0.3 is 24.4 Å². The Bertz CT molecular complexity index is 647. The SMILES string of the molecule is CCOc1ccccc1OCCCC(=O)N1CCN(CC(=O)NCCCOC)CC1. The standard InChI is InChI=1S/C22H35N3O5/c1-3-29-19-8-4-5-9-20(19)30-17-6-10-22(27)25-14-12-24(13-15-25)18-21(26)23-11-7-16-28-2/h4-5,8-9H,3,6-7,10-18H2,1-2H3,(H,23,26). The smallest absolute Gasteiger partial charge is 0.234 e. The van der Waals surface area contributed by atoms with Crippen LogP contribution < -0.4 is 14.8 Å². The first-order valence-electron chi connectivity index (χ1n) is 10.7. The molecule has 0 radical (unpaired) electrons. The van der Waals surface area contributed by atoms with E-state index in [1.807, 2.05) is 36.1 Å². The molecule has 0 spiro atoms. The summed E-state index contributed by atoms with van der Waals surface area (Å²) in [4.78, 5) is 28.4. The van der Waals surface area contributed by atoms with Gasteiger partial charge in [0.2, 0.25) is 11.8 Å². The average molecular weight is 422 g/mol. The Balaban J connectivity index is 1.60. The number of piperazine rings is 1. The molecule has 1 aromatic carbocycles. The van der Waals surface area contributed by atoms with Gasteiger partial charge in [0.15, 0.2) is 11.5 Å². The summed E-state index contributed by atoms with van der Waals surface area (Å²) in [7, 11) is 1.65. The average Bonchev–Trinajstić information content (AvgIpc) is 2.76. The molecule has 8 nitrogen and oxygen atoms in total. The zero-order valence-electron chi connectivity index (χ0n) is 18.2. The molecule has 1 fully saturated rings. The highest BCUT2D eigenvalue weighted by Gasteiger charge is 2.22. The maximum Gasteiger partial charge on any atom is 0.234 e. The Kier molecular flexibility index (Phi) is 11.0. The predicted octanol–water partition coefficient (Wildman–Crippen LogP) is 1.54. The molecule has 1 aliphatic heterocycles. The van der Waals surface area contributed by atoms with Gasteiger partial charge in [0.1, 0.15) is 0 Å². The first-order valence-corrected chi connectivity index (χ1v) is 10.7. The lowest BCUT2D eigenvalue weighted by molar-refractivity contribution is -0.133. The van der Waals surface area contributed by atoms with Crippen LogP contribution in [0.3, 0.4) is 0 Å². The van der Waals surface area contributed by atoms with E-state index in [9.17, 15) is 9.59 Å². The van der Waals surface area contributed by atoms with Gasteiger partial charge in [0, 0.05) is 52.9 Å². The van der Waals surface area contributed by atoms with E-state index in [1.165, 1.54) is 0 Å². The number of hydrogen-bond acceptors (Lipinski definition) is 6. The number of amides is 2. The van der Waals surface area contributed by atoms with E-state index < -0.39 is 0 Å². The number of hydrogen-bond donors (Lipinski definition) is 1. The van der Waals surface area contributed by atoms with Crippen LogP contribution in [0.5, 0.6) is 11.5 Å². The number of nitrogens with zero attached hydrogens (tertiary/aromatic N) is 2. The summed E-state index contributed by atoms with van der Waals surface area (Å²) < 4.78 is 16.3. The Morgan fingerprint density at radius 1 is 1.00 bits per heavy atom. The summed E-state index contributed by atoms with van der Waals surface area (Å²) in [5.41, 5.74) is 0. The van der Waals surface area contributed by atoms with Crippen molar-refractivity contribution in [3.63, 3.8) is 0 Å². The van der Waals surface area contributed by atoms with Crippen molar-refractivity contribution in [2.45, 2.75) is 26.2 Å². The third-order valence-electron chi connectivity index (χ3n) is 4.88. The predicted molar refractivity (Wildman–Crippen MR) is 115 cm³/mol. The molecule has 0 aliphatic carbocycles. The van der Waals surface area contributed by atoms with Gasteiger partial charge >= 0.3 is 0 Å². The number of rotatable bonds is 13.